The second-order valence-corrected chi connectivity index (χ2v) is 5.17. The third-order valence-electron chi connectivity index (χ3n) is 3.93. The van der Waals surface area contributed by atoms with Gasteiger partial charge in [0.05, 0.1) is 6.10 Å². The summed E-state index contributed by atoms with van der Waals surface area (Å²) in [6, 6.07) is 9.90. The molecule has 1 aliphatic carbocycles. The van der Waals surface area contributed by atoms with E-state index in [2.05, 4.69) is 0 Å². The maximum Gasteiger partial charge on any atom is 0.105 e. The molecule has 2 atom stereocenters. The van der Waals surface area contributed by atoms with Crippen LogP contribution in [-0.4, -0.2) is 17.8 Å². The number of ether oxygens (including phenoxy) is 1. The zero-order valence-electron chi connectivity index (χ0n) is 11.2. The van der Waals surface area contributed by atoms with Gasteiger partial charge in [0.25, 0.3) is 0 Å². The number of benzene rings is 1. The highest BCUT2D eigenvalue weighted by Crippen LogP contribution is 2.34. The molecule has 1 aliphatic rings. The van der Waals surface area contributed by atoms with Gasteiger partial charge >= 0.3 is 0 Å². The minimum atomic E-state index is -0.491. The second-order valence-electron chi connectivity index (χ2n) is 5.17. The minimum Gasteiger partial charge on any atom is -0.386 e. The topological polar surface area (TPSA) is 29.5 Å². The van der Waals surface area contributed by atoms with Crippen LogP contribution in [0.25, 0.3) is 0 Å². The van der Waals surface area contributed by atoms with E-state index in [4.69, 9.17) is 4.74 Å². The summed E-state index contributed by atoms with van der Waals surface area (Å²) >= 11 is 0. The normalized spacial score (nSPS) is 20.6. The highest BCUT2D eigenvalue weighted by Gasteiger charge is 2.30. The maximum absolute atomic E-state index is 10.5. The highest BCUT2D eigenvalue weighted by atomic mass is 16.5. The van der Waals surface area contributed by atoms with E-state index >= 15 is 0 Å². The van der Waals surface area contributed by atoms with Crippen molar-refractivity contribution >= 4 is 0 Å². The first kappa shape index (κ1) is 13.6. The van der Waals surface area contributed by atoms with Crippen LogP contribution in [0.15, 0.2) is 30.3 Å². The van der Waals surface area contributed by atoms with E-state index < -0.39 is 6.10 Å². The third kappa shape index (κ3) is 3.33. The van der Waals surface area contributed by atoms with Gasteiger partial charge in [-0.2, -0.15) is 0 Å². The van der Waals surface area contributed by atoms with Crippen molar-refractivity contribution in [2.24, 2.45) is 5.92 Å². The number of rotatable bonds is 5. The third-order valence-corrected chi connectivity index (χ3v) is 3.93. The summed E-state index contributed by atoms with van der Waals surface area (Å²) in [6.45, 7) is 2.68. The smallest absolute Gasteiger partial charge is 0.105 e. The van der Waals surface area contributed by atoms with Crippen LogP contribution in [0.1, 0.15) is 50.7 Å². The number of hydrogen-bond donors (Lipinski definition) is 1. The molecule has 0 spiro atoms. The standard InChI is InChI=1S/C16H24O2/c1-2-18-16(14-11-7-4-8-12-14)15(17)13-9-5-3-6-10-13/h3,5-6,9-10,14-17H,2,4,7-8,11-12H2,1H3. The predicted octanol–water partition coefficient (Wildman–Crippen LogP) is 3.71. The fraction of sp³-hybridized carbons (Fsp3) is 0.625. The summed E-state index contributed by atoms with van der Waals surface area (Å²) in [5.74, 6) is 0.508. The molecule has 0 bridgehead atoms. The van der Waals surface area contributed by atoms with Crippen LogP contribution in [0.3, 0.4) is 0 Å². The van der Waals surface area contributed by atoms with E-state index in [1.54, 1.807) is 0 Å². The minimum absolute atomic E-state index is 0.0438. The molecule has 0 radical (unpaired) electrons. The molecule has 2 heteroatoms. The van der Waals surface area contributed by atoms with Crippen molar-refractivity contribution in [3.63, 3.8) is 0 Å². The summed E-state index contributed by atoms with van der Waals surface area (Å²) in [6.07, 6.45) is 5.72. The van der Waals surface area contributed by atoms with Crippen molar-refractivity contribution in [2.75, 3.05) is 6.61 Å². The molecule has 0 amide bonds. The number of hydrogen-bond acceptors (Lipinski definition) is 2. The first-order valence-electron chi connectivity index (χ1n) is 7.17. The molecule has 100 valence electrons. The fourth-order valence-corrected chi connectivity index (χ4v) is 2.98. The summed E-state index contributed by atoms with van der Waals surface area (Å²) < 4.78 is 5.85. The van der Waals surface area contributed by atoms with Gasteiger partial charge in [-0.05, 0) is 31.2 Å². The Morgan fingerprint density at radius 3 is 2.44 bits per heavy atom. The maximum atomic E-state index is 10.5. The van der Waals surface area contributed by atoms with Crippen molar-refractivity contribution in [3.8, 4) is 0 Å². The van der Waals surface area contributed by atoms with Crippen LogP contribution in [0, 0.1) is 5.92 Å². The van der Waals surface area contributed by atoms with Gasteiger partial charge in [-0.3, -0.25) is 0 Å². The molecule has 0 saturated heterocycles. The summed E-state index contributed by atoms with van der Waals surface area (Å²) in [7, 11) is 0. The van der Waals surface area contributed by atoms with Crippen LogP contribution >= 0.6 is 0 Å². The average Bonchev–Trinajstić information content (AvgIpc) is 2.46. The van der Waals surface area contributed by atoms with E-state index in [-0.39, 0.29) is 6.10 Å². The first-order chi connectivity index (χ1) is 8.83. The van der Waals surface area contributed by atoms with Gasteiger partial charge in [0, 0.05) is 6.61 Å². The summed E-state index contributed by atoms with van der Waals surface area (Å²) in [4.78, 5) is 0. The van der Waals surface area contributed by atoms with Gasteiger partial charge < -0.3 is 9.84 Å². The van der Waals surface area contributed by atoms with Gasteiger partial charge in [-0.15, -0.1) is 0 Å². The average molecular weight is 248 g/mol. The molecular weight excluding hydrogens is 224 g/mol. The van der Waals surface area contributed by atoms with E-state index in [0.717, 1.165) is 5.56 Å². The quantitative estimate of drug-likeness (QED) is 0.861. The van der Waals surface area contributed by atoms with Crippen molar-refractivity contribution in [3.05, 3.63) is 35.9 Å². The van der Waals surface area contributed by atoms with E-state index in [1.807, 2.05) is 37.3 Å². The second kappa shape index (κ2) is 6.91. The number of aliphatic hydroxyl groups is 1. The molecule has 0 aromatic heterocycles. The largest absolute Gasteiger partial charge is 0.386 e. The van der Waals surface area contributed by atoms with Crippen LogP contribution in [-0.2, 0) is 4.74 Å². The molecule has 2 rings (SSSR count). The van der Waals surface area contributed by atoms with E-state index in [0.29, 0.717) is 12.5 Å². The lowest BCUT2D eigenvalue weighted by Gasteiger charge is -2.33. The first-order valence-corrected chi connectivity index (χ1v) is 7.17. The fourth-order valence-electron chi connectivity index (χ4n) is 2.98. The Bertz CT molecular complexity index is 330. The molecule has 2 nitrogen and oxygen atoms in total. The molecule has 1 aromatic carbocycles. The van der Waals surface area contributed by atoms with E-state index in [1.165, 1.54) is 32.1 Å². The lowest BCUT2D eigenvalue weighted by Crippen LogP contribution is -2.32. The highest BCUT2D eigenvalue weighted by molar-refractivity contribution is 5.18. The van der Waals surface area contributed by atoms with E-state index in [9.17, 15) is 5.11 Å². The molecule has 2 unspecified atom stereocenters. The van der Waals surface area contributed by atoms with Crippen molar-refractivity contribution in [1.29, 1.82) is 0 Å². The number of aliphatic hydroxyl groups excluding tert-OH is 1. The molecular formula is C16H24O2. The Hall–Kier alpha value is -0.860. The Morgan fingerprint density at radius 1 is 1.17 bits per heavy atom. The molecule has 1 fully saturated rings. The summed E-state index contributed by atoms with van der Waals surface area (Å²) in [5, 5.41) is 10.5. The van der Waals surface area contributed by atoms with Crippen molar-refractivity contribution < 1.29 is 9.84 Å². The predicted molar refractivity (Wildman–Crippen MR) is 73.4 cm³/mol. The van der Waals surface area contributed by atoms with Crippen LogP contribution < -0.4 is 0 Å². The Balaban J connectivity index is 2.08. The Morgan fingerprint density at radius 2 is 1.83 bits per heavy atom. The Kier molecular flexibility index (Phi) is 5.21. The van der Waals surface area contributed by atoms with Gasteiger partial charge in [-0.25, -0.2) is 0 Å². The van der Waals surface area contributed by atoms with Crippen LogP contribution in [0.4, 0.5) is 0 Å². The van der Waals surface area contributed by atoms with Crippen molar-refractivity contribution in [2.45, 2.75) is 51.2 Å². The molecule has 0 heterocycles. The molecule has 0 aliphatic heterocycles. The Labute approximate surface area is 110 Å². The van der Waals surface area contributed by atoms with Crippen molar-refractivity contribution in [1.82, 2.24) is 0 Å². The van der Waals surface area contributed by atoms with Crippen LogP contribution in [0.2, 0.25) is 0 Å². The monoisotopic (exact) mass is 248 g/mol. The van der Waals surface area contributed by atoms with Gasteiger partial charge in [0.2, 0.25) is 0 Å². The lowest BCUT2D eigenvalue weighted by atomic mass is 9.82. The zero-order chi connectivity index (χ0) is 12.8. The molecule has 18 heavy (non-hydrogen) atoms. The zero-order valence-corrected chi connectivity index (χ0v) is 11.2. The lowest BCUT2D eigenvalue weighted by molar-refractivity contribution is -0.0739. The summed E-state index contributed by atoms with van der Waals surface area (Å²) in [5.41, 5.74) is 0.974. The van der Waals surface area contributed by atoms with Crippen LogP contribution in [0.5, 0.6) is 0 Å². The van der Waals surface area contributed by atoms with Gasteiger partial charge in [0.1, 0.15) is 6.10 Å². The molecule has 1 aromatic rings. The molecule has 1 N–H and O–H groups in total. The SMILES string of the molecule is CCOC(C1CCCCC1)C(O)c1ccccc1. The van der Waals surface area contributed by atoms with Gasteiger partial charge in [-0.1, -0.05) is 49.6 Å². The van der Waals surface area contributed by atoms with Gasteiger partial charge in [0.15, 0.2) is 0 Å². The molecule has 1 saturated carbocycles.